The van der Waals surface area contributed by atoms with E-state index in [1.165, 1.54) is 33.1 Å². The van der Waals surface area contributed by atoms with E-state index in [1.54, 1.807) is 4.90 Å². The first-order valence-electron chi connectivity index (χ1n) is 11.3. The summed E-state index contributed by atoms with van der Waals surface area (Å²) in [7, 11) is 1.38. The Morgan fingerprint density at radius 3 is 2.31 bits per heavy atom. The number of nitrogens with one attached hydrogen (secondary N) is 1. The van der Waals surface area contributed by atoms with Crippen molar-refractivity contribution in [2.24, 2.45) is 10.2 Å². The van der Waals surface area contributed by atoms with Gasteiger partial charge >= 0.3 is 11.7 Å². The average molecular weight is 565 g/mol. The maximum absolute atomic E-state index is 12.0. The number of nitrogens with zero attached hydrogens (tertiary/aromatic N) is 5. The van der Waals surface area contributed by atoms with Crippen LogP contribution < -0.4 is 15.0 Å². The number of benzene rings is 2. The number of rotatable bonds is 13. The summed E-state index contributed by atoms with van der Waals surface area (Å²) < 4.78 is 10.4. The van der Waals surface area contributed by atoms with Gasteiger partial charge in [-0.25, -0.2) is 0 Å². The molecule has 0 aliphatic heterocycles. The molecule has 0 saturated carbocycles. The zero-order chi connectivity index (χ0) is 29.3. The van der Waals surface area contributed by atoms with E-state index in [1.807, 2.05) is 6.92 Å². The van der Waals surface area contributed by atoms with Crippen LogP contribution in [0.3, 0.4) is 0 Å². The molecule has 0 bridgehead atoms. The molecule has 1 amide bonds. The number of nitro groups is 2. The van der Waals surface area contributed by atoms with Gasteiger partial charge in [0.1, 0.15) is 18.0 Å². The highest BCUT2D eigenvalue weighted by Gasteiger charge is 2.24. The fraction of sp³-hybridized carbons (Fsp3) is 0.348. The van der Waals surface area contributed by atoms with E-state index in [0.29, 0.717) is 18.3 Å². The largest absolute Gasteiger partial charge is 0.494 e. The predicted octanol–water partition coefficient (Wildman–Crippen LogP) is 4.89. The predicted molar refractivity (Wildman–Crippen MR) is 140 cm³/mol. The minimum Gasteiger partial charge on any atom is -0.494 e. The molecular weight excluding hydrogens is 540 g/mol. The van der Waals surface area contributed by atoms with Crippen LogP contribution in [0.25, 0.3) is 0 Å². The van der Waals surface area contributed by atoms with Crippen LogP contribution in [0.2, 0.25) is 5.02 Å². The Hall–Kier alpha value is -4.66. The van der Waals surface area contributed by atoms with Gasteiger partial charge in [-0.1, -0.05) is 11.6 Å². The highest BCUT2D eigenvalue weighted by molar-refractivity contribution is 6.33. The Morgan fingerprint density at radius 2 is 1.77 bits per heavy atom. The molecule has 0 heterocycles. The van der Waals surface area contributed by atoms with Gasteiger partial charge in [-0.15, -0.1) is 10.2 Å². The minimum atomic E-state index is -0.883. The minimum absolute atomic E-state index is 0.0337. The molecule has 0 saturated heterocycles. The molecule has 0 spiro atoms. The van der Waals surface area contributed by atoms with E-state index in [2.05, 4.69) is 15.5 Å². The molecule has 1 N–H and O–H groups in total. The van der Waals surface area contributed by atoms with Crippen molar-refractivity contribution < 1.29 is 33.7 Å². The SMILES string of the molecule is CCN(CCC(=O)OCC(C)=O)c1cc(NC(C)=O)c(N=Nc2c(Cl)cc([N+](=O)[O-])cc2[N+](=O)[O-])cc1OC. The number of hydrogen-bond donors (Lipinski definition) is 1. The monoisotopic (exact) mass is 564 g/mol. The molecule has 0 unspecified atom stereocenters. The molecule has 15 nitrogen and oxygen atoms in total. The Balaban J connectivity index is 2.52. The van der Waals surface area contributed by atoms with Gasteiger partial charge in [0.25, 0.3) is 5.69 Å². The molecule has 0 aromatic heterocycles. The molecule has 39 heavy (non-hydrogen) atoms. The molecule has 0 radical (unpaired) electrons. The van der Waals surface area contributed by atoms with Crippen LogP contribution >= 0.6 is 11.6 Å². The van der Waals surface area contributed by atoms with E-state index in [0.717, 1.165) is 6.07 Å². The first kappa shape index (κ1) is 30.6. The first-order valence-corrected chi connectivity index (χ1v) is 11.7. The number of methoxy groups -OCH3 is 1. The highest BCUT2D eigenvalue weighted by atomic mass is 35.5. The van der Waals surface area contributed by atoms with Crippen LogP contribution in [0.4, 0.5) is 34.1 Å². The normalized spacial score (nSPS) is 10.7. The molecule has 2 aromatic rings. The van der Waals surface area contributed by atoms with Gasteiger partial charge in [0.15, 0.2) is 11.5 Å². The molecule has 2 rings (SSSR count). The second-order valence-corrected chi connectivity index (χ2v) is 8.33. The van der Waals surface area contributed by atoms with Gasteiger partial charge in [0.05, 0.1) is 45.8 Å². The maximum atomic E-state index is 12.0. The number of anilines is 2. The Kier molecular flexibility index (Phi) is 10.8. The number of hydrogen-bond acceptors (Lipinski definition) is 12. The van der Waals surface area contributed by atoms with Gasteiger partial charge in [0.2, 0.25) is 5.91 Å². The number of carbonyl (C=O) groups is 3. The number of carbonyl (C=O) groups excluding carboxylic acids is 3. The van der Waals surface area contributed by atoms with E-state index in [9.17, 15) is 34.6 Å². The molecule has 0 aliphatic carbocycles. The summed E-state index contributed by atoms with van der Waals surface area (Å²) in [5.41, 5.74) is -1.10. The third-order valence-electron chi connectivity index (χ3n) is 5.05. The Labute approximate surface area is 227 Å². The van der Waals surface area contributed by atoms with Gasteiger partial charge in [-0.2, -0.15) is 0 Å². The second kappa shape index (κ2) is 13.8. The standard InChI is InChI=1S/C23H25ClN6O9/c1-5-28(7-6-22(33)39-12-13(2)31)19-10-17(25-14(3)32)18(11-21(19)38-4)26-27-23-16(24)8-15(29(34)35)9-20(23)30(36)37/h8-11H,5-7,12H2,1-4H3,(H,25,32). The molecule has 0 aliphatic rings. The fourth-order valence-corrected chi connectivity index (χ4v) is 3.53. The summed E-state index contributed by atoms with van der Waals surface area (Å²) in [5, 5.41) is 32.6. The first-order chi connectivity index (χ1) is 18.4. The smallest absolute Gasteiger partial charge is 0.308 e. The zero-order valence-electron chi connectivity index (χ0n) is 21.4. The van der Waals surface area contributed by atoms with E-state index < -0.39 is 38.8 Å². The van der Waals surface area contributed by atoms with Gasteiger partial charge < -0.3 is 19.7 Å². The number of halogens is 1. The van der Waals surface area contributed by atoms with Gasteiger partial charge in [0, 0.05) is 32.1 Å². The van der Waals surface area contributed by atoms with Crippen LogP contribution in [0.15, 0.2) is 34.5 Å². The van der Waals surface area contributed by atoms with E-state index in [-0.39, 0.29) is 47.5 Å². The van der Waals surface area contributed by atoms with Gasteiger partial charge in [-0.3, -0.25) is 34.6 Å². The van der Waals surface area contributed by atoms with Crippen molar-refractivity contribution in [2.75, 3.05) is 37.0 Å². The average Bonchev–Trinajstić information content (AvgIpc) is 2.86. The lowest BCUT2D eigenvalue weighted by molar-refractivity contribution is -0.393. The fourth-order valence-electron chi connectivity index (χ4n) is 3.29. The summed E-state index contributed by atoms with van der Waals surface area (Å²) >= 11 is 6.04. The lowest BCUT2D eigenvalue weighted by Crippen LogP contribution is -2.27. The molecule has 16 heteroatoms. The summed E-state index contributed by atoms with van der Waals surface area (Å²) in [6.45, 7) is 4.66. The van der Waals surface area contributed by atoms with Crippen molar-refractivity contribution in [1.82, 2.24) is 0 Å². The van der Waals surface area contributed by atoms with E-state index >= 15 is 0 Å². The van der Waals surface area contributed by atoms with Crippen molar-refractivity contribution in [3.05, 3.63) is 49.5 Å². The molecule has 208 valence electrons. The number of azo groups is 1. The van der Waals surface area contributed by atoms with Crippen LogP contribution in [0.1, 0.15) is 27.2 Å². The van der Waals surface area contributed by atoms with Crippen molar-refractivity contribution in [1.29, 1.82) is 0 Å². The summed E-state index contributed by atoms with van der Waals surface area (Å²) in [6.07, 6.45) is -0.0382. The van der Waals surface area contributed by atoms with Crippen molar-refractivity contribution in [2.45, 2.75) is 27.2 Å². The van der Waals surface area contributed by atoms with E-state index in [4.69, 9.17) is 21.1 Å². The number of ketones is 1. The third-order valence-corrected chi connectivity index (χ3v) is 5.33. The number of Topliss-reactive ketones (excluding diaryl/α,β-unsaturated/α-hetero) is 1. The third kappa shape index (κ3) is 8.43. The molecule has 0 atom stereocenters. The molecule has 2 aromatic carbocycles. The topological polar surface area (TPSA) is 196 Å². The van der Waals surface area contributed by atoms with Crippen LogP contribution in [-0.4, -0.2) is 54.3 Å². The number of ether oxygens (including phenoxy) is 2. The van der Waals surface area contributed by atoms with Crippen LogP contribution in [0, 0.1) is 20.2 Å². The summed E-state index contributed by atoms with van der Waals surface area (Å²) in [6, 6.07) is 4.54. The quantitative estimate of drug-likeness (QED) is 0.151. The summed E-state index contributed by atoms with van der Waals surface area (Å²) in [5.74, 6) is -1.06. The number of non-ortho nitro benzene ring substituents is 1. The van der Waals surface area contributed by atoms with Crippen molar-refractivity contribution >= 4 is 63.4 Å². The second-order valence-electron chi connectivity index (χ2n) is 7.92. The zero-order valence-corrected chi connectivity index (χ0v) is 22.2. The van der Waals surface area contributed by atoms with Gasteiger partial charge in [-0.05, 0) is 19.9 Å². The highest BCUT2D eigenvalue weighted by Crippen LogP contribution is 2.42. The number of amides is 1. The number of esters is 1. The molecular formula is C23H25ClN6O9. The van der Waals surface area contributed by atoms with Crippen LogP contribution in [0.5, 0.6) is 5.75 Å². The maximum Gasteiger partial charge on any atom is 0.308 e. The Bertz CT molecular complexity index is 1330. The van der Waals surface area contributed by atoms with Crippen molar-refractivity contribution in [3.63, 3.8) is 0 Å². The van der Waals surface area contributed by atoms with Crippen molar-refractivity contribution in [3.8, 4) is 5.75 Å². The van der Waals surface area contributed by atoms with Crippen LogP contribution in [-0.2, 0) is 19.1 Å². The Morgan fingerprint density at radius 1 is 1.08 bits per heavy atom. The number of nitro benzene ring substituents is 2. The molecule has 0 fully saturated rings. The summed E-state index contributed by atoms with van der Waals surface area (Å²) in [4.78, 5) is 57.5. The lowest BCUT2D eigenvalue weighted by atomic mass is 10.2. The lowest BCUT2D eigenvalue weighted by Gasteiger charge is -2.26.